The highest BCUT2D eigenvalue weighted by atomic mass is 15.2. The van der Waals surface area contributed by atoms with Crippen LogP contribution < -0.4 is 16.0 Å². The van der Waals surface area contributed by atoms with Crippen LogP contribution in [0.4, 0.5) is 23.0 Å². The molecular formula is C16H22N6. The van der Waals surface area contributed by atoms with Crippen molar-refractivity contribution >= 4 is 23.0 Å². The third kappa shape index (κ3) is 2.95. The van der Waals surface area contributed by atoms with Gasteiger partial charge in [0.1, 0.15) is 12.0 Å². The SMILES string of the molecule is CCC1CCCCN1c1ncnc(Nc2cccnc2)c1N. The summed E-state index contributed by atoms with van der Waals surface area (Å²) in [6.45, 7) is 3.22. The lowest BCUT2D eigenvalue weighted by atomic mass is 10.00. The van der Waals surface area contributed by atoms with Crippen molar-refractivity contribution in [2.45, 2.75) is 38.6 Å². The number of anilines is 4. The molecule has 0 aliphatic carbocycles. The Balaban J connectivity index is 1.88. The molecule has 0 radical (unpaired) electrons. The predicted molar refractivity (Wildman–Crippen MR) is 89.2 cm³/mol. The van der Waals surface area contributed by atoms with Gasteiger partial charge in [0, 0.05) is 18.8 Å². The summed E-state index contributed by atoms with van der Waals surface area (Å²) in [5.74, 6) is 1.48. The van der Waals surface area contributed by atoms with Crippen LogP contribution in [0.1, 0.15) is 32.6 Å². The van der Waals surface area contributed by atoms with Gasteiger partial charge < -0.3 is 16.0 Å². The maximum Gasteiger partial charge on any atom is 0.159 e. The van der Waals surface area contributed by atoms with E-state index < -0.39 is 0 Å². The van der Waals surface area contributed by atoms with Crippen LogP contribution in [0.25, 0.3) is 0 Å². The van der Waals surface area contributed by atoms with Gasteiger partial charge in [0.2, 0.25) is 0 Å². The van der Waals surface area contributed by atoms with Gasteiger partial charge in [-0.05, 0) is 37.8 Å². The van der Waals surface area contributed by atoms with Crippen molar-refractivity contribution in [3.63, 3.8) is 0 Å². The lowest BCUT2D eigenvalue weighted by Gasteiger charge is -2.36. The molecule has 1 aliphatic rings. The van der Waals surface area contributed by atoms with Gasteiger partial charge in [-0.15, -0.1) is 0 Å². The Bertz CT molecular complexity index is 615. The van der Waals surface area contributed by atoms with Crippen molar-refractivity contribution in [2.24, 2.45) is 0 Å². The van der Waals surface area contributed by atoms with E-state index >= 15 is 0 Å². The van der Waals surface area contributed by atoms with Gasteiger partial charge in [0.15, 0.2) is 11.6 Å². The molecule has 2 aromatic heterocycles. The summed E-state index contributed by atoms with van der Waals surface area (Å²) in [7, 11) is 0. The van der Waals surface area contributed by atoms with Gasteiger partial charge in [-0.3, -0.25) is 4.98 Å². The number of aromatic nitrogens is 3. The lowest BCUT2D eigenvalue weighted by molar-refractivity contribution is 0.447. The van der Waals surface area contributed by atoms with Crippen LogP contribution in [0.15, 0.2) is 30.9 Å². The number of nitrogens with one attached hydrogen (secondary N) is 1. The summed E-state index contributed by atoms with van der Waals surface area (Å²) in [4.78, 5) is 15.1. The molecule has 2 aromatic rings. The number of nitrogens with two attached hydrogens (primary N) is 1. The van der Waals surface area contributed by atoms with Crippen LogP contribution in [0.2, 0.25) is 0 Å². The molecule has 6 heteroatoms. The molecule has 0 aromatic carbocycles. The van der Waals surface area contributed by atoms with Gasteiger partial charge in [0.25, 0.3) is 0 Å². The highest BCUT2D eigenvalue weighted by molar-refractivity contribution is 5.78. The van der Waals surface area contributed by atoms with E-state index in [0.29, 0.717) is 17.5 Å². The zero-order valence-corrected chi connectivity index (χ0v) is 12.9. The van der Waals surface area contributed by atoms with Gasteiger partial charge >= 0.3 is 0 Å². The molecule has 0 saturated carbocycles. The maximum atomic E-state index is 6.33. The van der Waals surface area contributed by atoms with Gasteiger partial charge in [0.05, 0.1) is 11.9 Å². The minimum Gasteiger partial charge on any atom is -0.393 e. The molecule has 3 heterocycles. The largest absolute Gasteiger partial charge is 0.393 e. The Kier molecular flexibility index (Phi) is 4.37. The standard InChI is InChI=1S/C16H22N6/c1-2-13-7-3-4-9-22(13)16-14(17)15(19-11-20-16)21-12-6-5-8-18-10-12/h5-6,8,10-11,13H,2-4,7,9,17H2,1H3,(H,19,20,21). The third-order valence-electron chi connectivity index (χ3n) is 4.16. The van der Waals surface area contributed by atoms with Gasteiger partial charge in [-0.1, -0.05) is 6.92 Å². The average molecular weight is 298 g/mol. The van der Waals surface area contributed by atoms with E-state index in [-0.39, 0.29) is 0 Å². The number of nitrogen functional groups attached to an aromatic ring is 1. The number of rotatable bonds is 4. The molecule has 0 bridgehead atoms. The molecule has 3 N–H and O–H groups in total. The van der Waals surface area contributed by atoms with Crippen LogP contribution >= 0.6 is 0 Å². The summed E-state index contributed by atoms with van der Waals surface area (Å²) in [5, 5.41) is 3.22. The van der Waals surface area contributed by atoms with Crippen molar-refractivity contribution in [3.05, 3.63) is 30.9 Å². The molecule has 0 spiro atoms. The molecule has 116 valence electrons. The summed E-state index contributed by atoms with van der Waals surface area (Å²) < 4.78 is 0. The van der Waals surface area contributed by atoms with Crippen molar-refractivity contribution in [1.29, 1.82) is 0 Å². The van der Waals surface area contributed by atoms with Gasteiger partial charge in [-0.2, -0.15) is 0 Å². The zero-order chi connectivity index (χ0) is 15.4. The van der Waals surface area contributed by atoms with Crippen molar-refractivity contribution in [1.82, 2.24) is 15.0 Å². The molecule has 1 saturated heterocycles. The van der Waals surface area contributed by atoms with E-state index in [2.05, 4.69) is 32.1 Å². The highest BCUT2D eigenvalue weighted by Gasteiger charge is 2.24. The second-order valence-corrected chi connectivity index (χ2v) is 5.58. The molecule has 3 rings (SSSR count). The quantitative estimate of drug-likeness (QED) is 0.903. The fourth-order valence-electron chi connectivity index (χ4n) is 2.99. The van der Waals surface area contributed by atoms with Crippen LogP contribution in [-0.2, 0) is 0 Å². The van der Waals surface area contributed by atoms with E-state index in [1.807, 2.05) is 12.1 Å². The number of piperidine rings is 1. The normalized spacial score (nSPS) is 18.2. The van der Waals surface area contributed by atoms with Crippen LogP contribution in [-0.4, -0.2) is 27.5 Å². The summed E-state index contributed by atoms with van der Waals surface area (Å²) >= 11 is 0. The van der Waals surface area contributed by atoms with Crippen molar-refractivity contribution in [3.8, 4) is 0 Å². The number of hydrogen-bond donors (Lipinski definition) is 2. The topological polar surface area (TPSA) is 80.0 Å². The zero-order valence-electron chi connectivity index (χ0n) is 12.9. The van der Waals surface area contributed by atoms with E-state index in [1.54, 1.807) is 18.7 Å². The Hall–Kier alpha value is -2.37. The van der Waals surface area contributed by atoms with Gasteiger partial charge in [-0.25, -0.2) is 9.97 Å². The first kappa shape index (κ1) is 14.6. The summed E-state index contributed by atoms with van der Waals surface area (Å²) in [6, 6.07) is 4.32. The van der Waals surface area contributed by atoms with Crippen molar-refractivity contribution in [2.75, 3.05) is 22.5 Å². The highest BCUT2D eigenvalue weighted by Crippen LogP contribution is 2.32. The summed E-state index contributed by atoms with van der Waals surface area (Å²) in [6.07, 6.45) is 9.83. The smallest absolute Gasteiger partial charge is 0.159 e. The maximum absolute atomic E-state index is 6.33. The molecule has 1 aliphatic heterocycles. The number of nitrogens with zero attached hydrogens (tertiary/aromatic N) is 4. The molecule has 22 heavy (non-hydrogen) atoms. The first-order chi connectivity index (χ1) is 10.8. The second-order valence-electron chi connectivity index (χ2n) is 5.58. The van der Waals surface area contributed by atoms with Crippen LogP contribution in [0.5, 0.6) is 0 Å². The van der Waals surface area contributed by atoms with Crippen molar-refractivity contribution < 1.29 is 0 Å². The number of hydrogen-bond acceptors (Lipinski definition) is 6. The fourth-order valence-corrected chi connectivity index (χ4v) is 2.99. The molecule has 1 atom stereocenters. The van der Waals surface area contributed by atoms with E-state index in [0.717, 1.165) is 24.5 Å². The molecule has 1 fully saturated rings. The Morgan fingerprint density at radius 2 is 2.27 bits per heavy atom. The Morgan fingerprint density at radius 1 is 1.36 bits per heavy atom. The minimum absolute atomic E-state index is 0.511. The fraction of sp³-hybridized carbons (Fsp3) is 0.438. The molecular weight excluding hydrogens is 276 g/mol. The number of pyridine rings is 1. The van der Waals surface area contributed by atoms with E-state index in [1.165, 1.54) is 19.3 Å². The molecule has 6 nitrogen and oxygen atoms in total. The van der Waals surface area contributed by atoms with E-state index in [4.69, 9.17) is 5.73 Å². The average Bonchev–Trinajstić information content (AvgIpc) is 2.58. The van der Waals surface area contributed by atoms with E-state index in [9.17, 15) is 0 Å². The Morgan fingerprint density at radius 3 is 3.05 bits per heavy atom. The minimum atomic E-state index is 0.511. The predicted octanol–water partition coefficient (Wildman–Crippen LogP) is 2.97. The van der Waals surface area contributed by atoms with Crippen LogP contribution in [0, 0.1) is 0 Å². The first-order valence-electron chi connectivity index (χ1n) is 7.83. The first-order valence-corrected chi connectivity index (χ1v) is 7.83. The van der Waals surface area contributed by atoms with Crippen LogP contribution in [0.3, 0.4) is 0 Å². The summed E-state index contributed by atoms with van der Waals surface area (Å²) in [5.41, 5.74) is 7.80. The monoisotopic (exact) mass is 298 g/mol. The Labute approximate surface area is 130 Å². The third-order valence-corrected chi connectivity index (χ3v) is 4.16. The molecule has 0 amide bonds. The molecule has 1 unspecified atom stereocenters. The lowest BCUT2D eigenvalue weighted by Crippen LogP contribution is -2.40. The second kappa shape index (κ2) is 6.60.